The van der Waals surface area contributed by atoms with E-state index in [1.54, 1.807) is 12.1 Å². The van der Waals surface area contributed by atoms with Crippen LogP contribution in [0.2, 0.25) is 5.02 Å². The molecule has 0 aliphatic carbocycles. The van der Waals surface area contributed by atoms with Gasteiger partial charge in [0.25, 0.3) is 0 Å². The second-order valence-corrected chi connectivity index (χ2v) is 9.07. The topological polar surface area (TPSA) is 68.2 Å². The van der Waals surface area contributed by atoms with Crippen molar-refractivity contribution in [2.45, 2.75) is 13.5 Å². The summed E-state index contributed by atoms with van der Waals surface area (Å²) in [4.78, 5) is 13.2. The van der Waals surface area contributed by atoms with Gasteiger partial charge in [-0.15, -0.1) is 0 Å². The Labute approximate surface area is 216 Å². The Bertz CT molecular complexity index is 1190. The van der Waals surface area contributed by atoms with Gasteiger partial charge in [-0.05, 0) is 71.2 Å². The van der Waals surface area contributed by atoms with Gasteiger partial charge in [-0.3, -0.25) is 4.90 Å². The zero-order valence-electron chi connectivity index (χ0n) is 20.3. The summed E-state index contributed by atoms with van der Waals surface area (Å²) in [6.45, 7) is 6.26. The third-order valence-corrected chi connectivity index (χ3v) is 6.22. The minimum Gasteiger partial charge on any atom is -0.489 e. The van der Waals surface area contributed by atoms with Crippen LogP contribution in [0, 0.1) is 6.92 Å². The second-order valence-electron chi connectivity index (χ2n) is 8.63. The number of carbonyl (C=O) groups is 1. The van der Waals surface area contributed by atoms with Crippen LogP contribution >= 0.6 is 11.6 Å². The number of rotatable bonds is 10. The smallest absolute Gasteiger partial charge is 0.341 e. The molecule has 36 heavy (non-hydrogen) atoms. The Morgan fingerprint density at radius 3 is 2.31 bits per heavy atom. The molecule has 0 amide bonds. The third kappa shape index (κ3) is 7.34. The number of ether oxygens (including phenoxy) is 3. The van der Waals surface area contributed by atoms with E-state index in [0.29, 0.717) is 23.1 Å². The Morgan fingerprint density at radius 1 is 1.00 bits per heavy atom. The first-order valence-corrected chi connectivity index (χ1v) is 12.3. The van der Waals surface area contributed by atoms with Crippen LogP contribution in [0.5, 0.6) is 11.5 Å². The van der Waals surface area contributed by atoms with Crippen molar-refractivity contribution in [1.82, 2.24) is 4.90 Å². The first-order chi connectivity index (χ1) is 17.5. The predicted octanol–water partition coefficient (Wildman–Crippen LogP) is 5.45. The fraction of sp³-hybridized carbons (Fsp3) is 0.276. The van der Waals surface area contributed by atoms with Crippen molar-refractivity contribution < 1.29 is 24.1 Å². The minimum atomic E-state index is -1.01. The van der Waals surface area contributed by atoms with Gasteiger partial charge in [-0.1, -0.05) is 48.0 Å². The molecule has 0 bridgehead atoms. The Hall–Kier alpha value is -3.32. The first-order valence-electron chi connectivity index (χ1n) is 11.9. The molecular formula is C29H30ClNO5. The van der Waals surface area contributed by atoms with Gasteiger partial charge in [-0.2, -0.15) is 0 Å². The minimum absolute atomic E-state index is 0.363. The molecule has 1 aliphatic heterocycles. The molecule has 3 aromatic carbocycles. The van der Waals surface area contributed by atoms with Gasteiger partial charge >= 0.3 is 5.97 Å². The fourth-order valence-electron chi connectivity index (χ4n) is 4.07. The number of carboxylic acids is 1. The summed E-state index contributed by atoms with van der Waals surface area (Å²) in [5.41, 5.74) is 5.29. The van der Waals surface area contributed by atoms with Gasteiger partial charge in [0.15, 0.2) is 6.61 Å². The molecule has 1 heterocycles. The summed E-state index contributed by atoms with van der Waals surface area (Å²) in [7, 11) is 0. The summed E-state index contributed by atoms with van der Waals surface area (Å²) in [6, 6.07) is 21.8. The summed E-state index contributed by atoms with van der Waals surface area (Å²) in [6.07, 6.45) is 2.06. The summed E-state index contributed by atoms with van der Waals surface area (Å²) in [5.74, 6) is 0.200. The lowest BCUT2D eigenvalue weighted by Gasteiger charge is -2.26. The molecule has 0 unspecified atom stereocenters. The molecule has 4 rings (SSSR count). The predicted molar refractivity (Wildman–Crippen MR) is 141 cm³/mol. The highest BCUT2D eigenvalue weighted by Crippen LogP contribution is 2.27. The van der Waals surface area contributed by atoms with E-state index in [2.05, 4.69) is 35.2 Å². The summed E-state index contributed by atoms with van der Waals surface area (Å²) >= 11 is 6.13. The molecule has 0 aromatic heterocycles. The van der Waals surface area contributed by atoms with Crippen molar-refractivity contribution in [3.63, 3.8) is 0 Å². The van der Waals surface area contributed by atoms with Crippen molar-refractivity contribution in [3.8, 4) is 11.5 Å². The standard InChI is InChI=1S/C29H30ClNO5/c1-21-18-26(10-11-28(21)36-20-29(32)33)35-15-12-27(24-6-8-25(30)9-7-24)23-4-2-22(3-5-23)19-31-13-16-34-17-14-31/h2-12,18H,13-17,19-20H2,1H3,(H,32,33)/b27-12-. The van der Waals surface area contributed by atoms with E-state index in [-0.39, 0.29) is 6.61 Å². The Kier molecular flexibility index (Phi) is 9.01. The number of nitrogens with zero attached hydrogens (tertiary/aromatic N) is 1. The molecule has 0 spiro atoms. The van der Waals surface area contributed by atoms with Crippen molar-refractivity contribution in [2.24, 2.45) is 0 Å². The quantitative estimate of drug-likeness (QED) is 0.393. The van der Waals surface area contributed by atoms with Gasteiger partial charge in [-0.25, -0.2) is 4.79 Å². The van der Waals surface area contributed by atoms with E-state index in [0.717, 1.165) is 55.1 Å². The van der Waals surface area contributed by atoms with Crippen LogP contribution < -0.4 is 9.47 Å². The van der Waals surface area contributed by atoms with E-state index in [9.17, 15) is 4.79 Å². The van der Waals surface area contributed by atoms with Gasteiger partial charge in [0.2, 0.25) is 0 Å². The molecule has 6 nitrogen and oxygen atoms in total. The van der Waals surface area contributed by atoms with Crippen LogP contribution in [0.25, 0.3) is 5.57 Å². The van der Waals surface area contributed by atoms with Crippen LogP contribution in [0.4, 0.5) is 0 Å². The van der Waals surface area contributed by atoms with Gasteiger partial charge < -0.3 is 19.3 Å². The molecular weight excluding hydrogens is 478 g/mol. The average molecular weight is 508 g/mol. The molecule has 0 atom stereocenters. The van der Waals surface area contributed by atoms with E-state index in [4.69, 9.17) is 30.9 Å². The SMILES string of the molecule is Cc1cc(OC/C=C(\c2ccc(Cl)cc2)c2ccc(CN3CCOCC3)cc2)ccc1OCC(=O)O. The lowest BCUT2D eigenvalue weighted by atomic mass is 9.96. The number of carboxylic acid groups (broad SMARTS) is 1. The molecule has 1 saturated heterocycles. The molecule has 7 heteroatoms. The van der Waals surface area contributed by atoms with Gasteiger partial charge in [0, 0.05) is 24.7 Å². The van der Waals surface area contributed by atoms with Gasteiger partial charge in [0.1, 0.15) is 18.1 Å². The monoisotopic (exact) mass is 507 g/mol. The zero-order valence-corrected chi connectivity index (χ0v) is 21.0. The summed E-state index contributed by atoms with van der Waals surface area (Å²) < 4.78 is 16.7. The van der Waals surface area contributed by atoms with E-state index >= 15 is 0 Å². The number of hydrogen-bond donors (Lipinski definition) is 1. The highest BCUT2D eigenvalue weighted by Gasteiger charge is 2.12. The van der Waals surface area contributed by atoms with Crippen LogP contribution in [0.1, 0.15) is 22.3 Å². The Morgan fingerprint density at radius 2 is 1.67 bits per heavy atom. The number of aryl methyl sites for hydroxylation is 1. The van der Waals surface area contributed by atoms with E-state index < -0.39 is 5.97 Å². The molecule has 188 valence electrons. The van der Waals surface area contributed by atoms with E-state index in [1.165, 1.54) is 5.56 Å². The summed E-state index contributed by atoms with van der Waals surface area (Å²) in [5, 5.41) is 9.50. The molecule has 1 aliphatic rings. The average Bonchev–Trinajstić information content (AvgIpc) is 2.88. The van der Waals surface area contributed by atoms with Crippen LogP contribution in [0.15, 0.2) is 72.8 Å². The third-order valence-electron chi connectivity index (χ3n) is 5.97. The molecule has 1 fully saturated rings. The van der Waals surface area contributed by atoms with Crippen molar-refractivity contribution in [2.75, 3.05) is 39.5 Å². The maximum absolute atomic E-state index is 10.7. The lowest BCUT2D eigenvalue weighted by molar-refractivity contribution is -0.139. The van der Waals surface area contributed by atoms with Crippen molar-refractivity contribution in [3.05, 3.63) is 100 Å². The van der Waals surface area contributed by atoms with Crippen molar-refractivity contribution in [1.29, 1.82) is 0 Å². The largest absolute Gasteiger partial charge is 0.489 e. The molecule has 0 radical (unpaired) electrons. The number of morpholine rings is 1. The van der Waals surface area contributed by atoms with E-state index in [1.807, 2.05) is 37.3 Å². The molecule has 1 N–H and O–H groups in total. The van der Waals surface area contributed by atoms with Crippen molar-refractivity contribution >= 4 is 23.1 Å². The lowest BCUT2D eigenvalue weighted by Crippen LogP contribution is -2.35. The van der Waals surface area contributed by atoms with Crippen LogP contribution in [-0.2, 0) is 16.1 Å². The second kappa shape index (κ2) is 12.6. The number of halogens is 1. The zero-order chi connectivity index (χ0) is 25.3. The van der Waals surface area contributed by atoms with Crippen LogP contribution in [-0.4, -0.2) is 55.5 Å². The highest BCUT2D eigenvalue weighted by atomic mass is 35.5. The Balaban J connectivity index is 1.48. The number of benzene rings is 3. The number of aliphatic carboxylic acids is 1. The maximum Gasteiger partial charge on any atom is 0.341 e. The van der Waals surface area contributed by atoms with Gasteiger partial charge in [0.05, 0.1) is 13.2 Å². The first kappa shape index (κ1) is 25.8. The molecule has 0 saturated carbocycles. The fourth-order valence-corrected chi connectivity index (χ4v) is 4.20. The maximum atomic E-state index is 10.7. The number of hydrogen-bond acceptors (Lipinski definition) is 5. The molecule has 3 aromatic rings. The van der Waals surface area contributed by atoms with Crippen LogP contribution in [0.3, 0.4) is 0 Å². The normalized spacial score (nSPS) is 14.4. The highest BCUT2D eigenvalue weighted by molar-refractivity contribution is 6.30.